The van der Waals surface area contributed by atoms with Crippen molar-refractivity contribution in [3.05, 3.63) is 12.2 Å². The lowest BCUT2D eigenvalue weighted by molar-refractivity contribution is -0.870. The second-order valence-electron chi connectivity index (χ2n) is 25.2. The number of carbonyl (C=O) groups excluding carboxylic acids is 2. The molecule has 0 aliphatic heterocycles. The number of esters is 2. The normalized spacial score (nSPS) is 12.7. The summed E-state index contributed by atoms with van der Waals surface area (Å²) in [6, 6.07) is 0. The molecule has 0 aliphatic carbocycles. The average Bonchev–Trinajstić information content (AvgIpc) is 3.42. The van der Waals surface area contributed by atoms with Gasteiger partial charge in [-0.3, -0.25) is 9.59 Å². The van der Waals surface area contributed by atoms with Crippen LogP contribution in [0.2, 0.25) is 0 Å². The highest BCUT2D eigenvalue weighted by atomic mass is 16.7. The summed E-state index contributed by atoms with van der Waals surface area (Å²) in [7, 11) is 5.98. The van der Waals surface area contributed by atoms with E-state index in [1.165, 1.54) is 276 Å². The van der Waals surface area contributed by atoms with Gasteiger partial charge in [-0.25, -0.2) is 4.79 Å². The molecule has 0 rings (SSSR count). The number of carboxylic acid groups (broad SMARTS) is 1. The van der Waals surface area contributed by atoms with E-state index in [-0.39, 0.29) is 32.2 Å². The van der Waals surface area contributed by atoms with Crippen LogP contribution in [-0.2, 0) is 33.3 Å². The van der Waals surface area contributed by atoms with Crippen LogP contribution in [0.25, 0.3) is 0 Å². The van der Waals surface area contributed by atoms with E-state index in [2.05, 4.69) is 26.0 Å². The summed E-state index contributed by atoms with van der Waals surface area (Å²) in [4.78, 5) is 37.5. The molecule has 1 N–H and O–H groups in total. The number of unbranched alkanes of at least 4 members (excludes halogenated alkanes) is 49. The molecule has 0 heterocycles. The van der Waals surface area contributed by atoms with Gasteiger partial charge in [0, 0.05) is 12.8 Å². The third-order valence-corrected chi connectivity index (χ3v) is 16.0. The quantitative estimate of drug-likeness (QED) is 0.0211. The van der Waals surface area contributed by atoms with E-state index in [1.54, 1.807) is 0 Å². The Hall–Kier alpha value is -1.97. The fourth-order valence-electron chi connectivity index (χ4n) is 10.7. The number of allylic oxidation sites excluding steroid dienone is 2. The minimum Gasteiger partial charge on any atom is -0.477 e. The molecule has 0 bridgehead atoms. The largest absolute Gasteiger partial charge is 0.477 e. The summed E-state index contributed by atoms with van der Waals surface area (Å²) in [6.45, 7) is 4.92. The van der Waals surface area contributed by atoms with Crippen LogP contribution in [0.3, 0.4) is 0 Å². The molecule has 9 nitrogen and oxygen atoms in total. The number of likely N-dealkylation sites (N-methyl/N-ethyl adjacent to an activating group) is 1. The predicted molar refractivity (Wildman–Crippen MR) is 337 cm³/mol. The van der Waals surface area contributed by atoms with Crippen LogP contribution in [0.1, 0.15) is 361 Å². The third kappa shape index (κ3) is 63.5. The van der Waals surface area contributed by atoms with Crippen molar-refractivity contribution in [1.29, 1.82) is 0 Å². The topological polar surface area (TPSA) is 108 Å². The van der Waals surface area contributed by atoms with Gasteiger partial charge in [-0.05, 0) is 38.5 Å². The zero-order valence-corrected chi connectivity index (χ0v) is 53.6. The molecule has 468 valence electrons. The van der Waals surface area contributed by atoms with Gasteiger partial charge < -0.3 is 28.5 Å². The molecular formula is C70H136NO8+. The van der Waals surface area contributed by atoms with Crippen LogP contribution in [-0.4, -0.2) is 87.4 Å². The minimum absolute atomic E-state index is 0.179. The number of carboxylic acids is 1. The van der Waals surface area contributed by atoms with Gasteiger partial charge in [0.05, 0.1) is 34.4 Å². The monoisotopic (exact) mass is 1120 g/mol. The van der Waals surface area contributed by atoms with Gasteiger partial charge in [0.25, 0.3) is 6.29 Å². The van der Waals surface area contributed by atoms with E-state index in [4.69, 9.17) is 18.9 Å². The van der Waals surface area contributed by atoms with Crippen molar-refractivity contribution in [2.24, 2.45) is 0 Å². The lowest BCUT2D eigenvalue weighted by Crippen LogP contribution is -2.40. The fraction of sp³-hybridized carbons (Fsp3) is 0.929. The first kappa shape index (κ1) is 77.0. The summed E-state index contributed by atoms with van der Waals surface area (Å²) in [5, 5.41) is 9.71. The highest BCUT2D eigenvalue weighted by molar-refractivity contribution is 5.71. The number of rotatable bonds is 66. The number of carbonyl (C=O) groups is 3. The van der Waals surface area contributed by atoms with Crippen molar-refractivity contribution in [3.8, 4) is 0 Å². The van der Waals surface area contributed by atoms with Crippen LogP contribution < -0.4 is 0 Å². The van der Waals surface area contributed by atoms with E-state index in [1.807, 2.05) is 21.1 Å². The summed E-state index contributed by atoms with van der Waals surface area (Å²) >= 11 is 0. The van der Waals surface area contributed by atoms with E-state index >= 15 is 0 Å². The Kier molecular flexibility index (Phi) is 60.5. The van der Waals surface area contributed by atoms with Crippen LogP contribution in [0.5, 0.6) is 0 Å². The number of aliphatic carboxylic acids is 1. The third-order valence-electron chi connectivity index (χ3n) is 16.0. The Bertz CT molecular complexity index is 1300. The molecule has 0 radical (unpaired) electrons. The molecule has 0 aromatic carbocycles. The standard InChI is InChI=1S/C70H135NO8/c1-6-8-10-12-14-16-18-20-22-23-24-25-26-27-28-29-30-31-32-33-34-35-36-37-38-39-40-41-42-43-44-45-47-48-50-52-54-56-58-60-67(72)77-64-66(65-78-70(69(74)75)76-63-62-71(3,4)5)79-68(73)61-59-57-55-53-51-49-46-21-19-17-15-13-11-9-7-2/h21,46,66,70H,6-20,22-45,47-65H2,1-5H3/p+1/b46-21-. The maximum Gasteiger partial charge on any atom is 0.361 e. The van der Waals surface area contributed by atoms with Gasteiger partial charge in [-0.15, -0.1) is 0 Å². The van der Waals surface area contributed by atoms with Crippen LogP contribution in [0.15, 0.2) is 12.2 Å². The van der Waals surface area contributed by atoms with Crippen LogP contribution in [0.4, 0.5) is 0 Å². The SMILES string of the molecule is CCCCCCCC/C=C\CCCCCCCC(=O)OC(COC(=O)CCCCCCCCCCCCCCCCCCCCCCCCCCCCCCCCCCCCCCCCC)COC(OCC[N+](C)(C)C)C(=O)O. The Balaban J connectivity index is 3.88. The van der Waals surface area contributed by atoms with Gasteiger partial charge in [0.15, 0.2) is 6.10 Å². The molecule has 0 saturated heterocycles. The highest BCUT2D eigenvalue weighted by Crippen LogP contribution is 2.19. The minimum atomic E-state index is -1.51. The Morgan fingerprint density at radius 1 is 0.367 bits per heavy atom. The summed E-state index contributed by atoms with van der Waals surface area (Å²) in [6.07, 6.45) is 72.2. The van der Waals surface area contributed by atoms with Gasteiger partial charge in [0.1, 0.15) is 13.2 Å². The molecule has 0 fully saturated rings. The Morgan fingerprint density at radius 2 is 0.646 bits per heavy atom. The van der Waals surface area contributed by atoms with E-state index < -0.39 is 24.3 Å². The number of nitrogens with zero attached hydrogens (tertiary/aromatic N) is 1. The first-order chi connectivity index (χ1) is 38.6. The molecule has 9 heteroatoms. The summed E-state index contributed by atoms with van der Waals surface area (Å²) < 4.78 is 22.9. The predicted octanol–water partition coefficient (Wildman–Crippen LogP) is 21.3. The van der Waals surface area contributed by atoms with Crippen molar-refractivity contribution < 1.29 is 42.9 Å². The van der Waals surface area contributed by atoms with Crippen molar-refractivity contribution in [1.82, 2.24) is 0 Å². The Labute approximate surface area is 491 Å². The maximum absolute atomic E-state index is 12.9. The number of hydrogen-bond donors (Lipinski definition) is 1. The van der Waals surface area contributed by atoms with Gasteiger partial charge in [-0.2, -0.15) is 0 Å². The number of quaternary nitrogens is 1. The number of hydrogen-bond acceptors (Lipinski definition) is 7. The first-order valence-corrected chi connectivity index (χ1v) is 34.9. The molecule has 79 heavy (non-hydrogen) atoms. The fourth-order valence-corrected chi connectivity index (χ4v) is 10.7. The lowest BCUT2D eigenvalue weighted by Gasteiger charge is -2.25. The van der Waals surface area contributed by atoms with E-state index in [0.717, 1.165) is 51.4 Å². The number of ether oxygens (including phenoxy) is 4. The van der Waals surface area contributed by atoms with Crippen LogP contribution in [0, 0.1) is 0 Å². The average molecular weight is 1120 g/mol. The zero-order chi connectivity index (χ0) is 57.6. The smallest absolute Gasteiger partial charge is 0.361 e. The highest BCUT2D eigenvalue weighted by Gasteiger charge is 2.25. The summed E-state index contributed by atoms with van der Waals surface area (Å²) in [5.41, 5.74) is 0. The maximum atomic E-state index is 12.9. The second-order valence-corrected chi connectivity index (χ2v) is 25.2. The van der Waals surface area contributed by atoms with Crippen molar-refractivity contribution in [3.63, 3.8) is 0 Å². The Morgan fingerprint density at radius 3 is 0.937 bits per heavy atom. The van der Waals surface area contributed by atoms with Crippen molar-refractivity contribution in [2.45, 2.75) is 373 Å². The molecule has 2 atom stereocenters. The first-order valence-electron chi connectivity index (χ1n) is 34.9. The molecule has 0 aromatic rings. The van der Waals surface area contributed by atoms with Crippen molar-refractivity contribution in [2.75, 3.05) is 47.5 Å². The van der Waals surface area contributed by atoms with Gasteiger partial charge in [0.2, 0.25) is 0 Å². The second kappa shape index (κ2) is 62.1. The molecule has 0 aromatic heterocycles. The zero-order valence-electron chi connectivity index (χ0n) is 53.6. The molecule has 0 aliphatic rings. The van der Waals surface area contributed by atoms with E-state index in [9.17, 15) is 19.5 Å². The van der Waals surface area contributed by atoms with Crippen LogP contribution >= 0.6 is 0 Å². The molecule has 0 amide bonds. The van der Waals surface area contributed by atoms with E-state index in [0.29, 0.717) is 23.9 Å². The molecular weight excluding hydrogens is 983 g/mol. The van der Waals surface area contributed by atoms with Gasteiger partial charge in [-0.1, -0.05) is 321 Å². The summed E-state index contributed by atoms with van der Waals surface area (Å²) in [5.74, 6) is -1.99. The molecule has 0 saturated carbocycles. The van der Waals surface area contributed by atoms with Crippen molar-refractivity contribution >= 4 is 17.9 Å². The molecule has 2 unspecified atom stereocenters. The molecule has 0 spiro atoms. The van der Waals surface area contributed by atoms with Gasteiger partial charge >= 0.3 is 17.9 Å². The lowest BCUT2D eigenvalue weighted by atomic mass is 10.0.